The van der Waals surface area contributed by atoms with Gasteiger partial charge in [0.05, 0.1) is 18.2 Å². The summed E-state index contributed by atoms with van der Waals surface area (Å²) in [5.41, 5.74) is 1.11. The number of rotatable bonds is 11. The molecular formula is C38H53N5O7. The van der Waals surface area contributed by atoms with Gasteiger partial charge >= 0.3 is 0 Å². The predicted molar refractivity (Wildman–Crippen MR) is 189 cm³/mol. The molecule has 0 spiro atoms. The van der Waals surface area contributed by atoms with Crippen LogP contribution in [0, 0.1) is 11.8 Å². The van der Waals surface area contributed by atoms with Gasteiger partial charge in [-0.05, 0) is 68.6 Å². The van der Waals surface area contributed by atoms with E-state index in [0.29, 0.717) is 32.2 Å². The van der Waals surface area contributed by atoms with Crippen LogP contribution in [0.1, 0.15) is 87.6 Å². The van der Waals surface area contributed by atoms with Gasteiger partial charge in [-0.1, -0.05) is 75.6 Å². The Bertz CT molecular complexity index is 1430. The van der Waals surface area contributed by atoms with Crippen molar-refractivity contribution in [3.63, 3.8) is 0 Å². The zero-order valence-electron chi connectivity index (χ0n) is 29.2. The number of hydrogen-bond acceptors (Lipinski definition) is 7. The van der Waals surface area contributed by atoms with Crippen molar-refractivity contribution in [3.8, 4) is 5.75 Å². The minimum atomic E-state index is -1.33. The van der Waals surface area contributed by atoms with Crippen LogP contribution in [0.4, 0.5) is 0 Å². The number of aliphatic hydroxyl groups is 1. The fourth-order valence-corrected chi connectivity index (χ4v) is 6.46. The Morgan fingerprint density at radius 2 is 1.48 bits per heavy atom. The van der Waals surface area contributed by atoms with E-state index in [2.05, 4.69) is 26.6 Å². The molecule has 6 N–H and O–H groups in total. The van der Waals surface area contributed by atoms with Gasteiger partial charge in [0, 0.05) is 12.5 Å². The van der Waals surface area contributed by atoms with Crippen molar-refractivity contribution in [2.24, 2.45) is 11.8 Å². The molecule has 1 heterocycles. The third kappa shape index (κ3) is 11.9. The van der Waals surface area contributed by atoms with Crippen LogP contribution in [0.3, 0.4) is 0 Å². The Kier molecular flexibility index (Phi) is 15.1. The summed E-state index contributed by atoms with van der Waals surface area (Å²) in [6.45, 7) is 3.60. The highest BCUT2D eigenvalue weighted by Crippen LogP contribution is 2.24. The van der Waals surface area contributed by atoms with E-state index in [1.807, 2.05) is 44.2 Å². The molecule has 1 aliphatic heterocycles. The van der Waals surface area contributed by atoms with Crippen molar-refractivity contribution in [1.29, 1.82) is 0 Å². The van der Waals surface area contributed by atoms with Crippen LogP contribution in [0.5, 0.6) is 5.75 Å². The molecule has 0 radical (unpaired) electrons. The second-order valence-corrected chi connectivity index (χ2v) is 13.8. The van der Waals surface area contributed by atoms with Gasteiger partial charge < -0.3 is 36.4 Å². The number of aliphatic hydroxyl groups excluding tert-OH is 1. The van der Waals surface area contributed by atoms with E-state index >= 15 is 0 Å². The molecule has 12 nitrogen and oxygen atoms in total. The number of amides is 5. The predicted octanol–water partition coefficient (Wildman–Crippen LogP) is 2.78. The number of benzene rings is 2. The lowest BCUT2D eigenvalue weighted by molar-refractivity contribution is -0.133. The van der Waals surface area contributed by atoms with E-state index in [0.717, 1.165) is 31.2 Å². The number of para-hydroxylation sites is 1. The summed E-state index contributed by atoms with van der Waals surface area (Å²) in [5.74, 6) is -1.93. The van der Waals surface area contributed by atoms with E-state index in [4.69, 9.17) is 4.74 Å². The highest BCUT2D eigenvalue weighted by Gasteiger charge is 2.32. The Hall–Kier alpha value is -4.45. The number of carbonyl (C=O) groups excluding carboxylic acids is 5. The number of fused-ring (bicyclic) bond motifs is 1. The molecule has 4 rings (SSSR count). The third-order valence-corrected chi connectivity index (χ3v) is 9.22. The molecule has 0 saturated heterocycles. The van der Waals surface area contributed by atoms with Crippen LogP contribution in [-0.2, 0) is 25.6 Å². The maximum Gasteiger partial charge on any atom is 0.255 e. The molecule has 50 heavy (non-hydrogen) atoms. The SMILES string of the molecule is CC(C)C[C@@H]1NC(=O)[C@H](CO)NC(=O)c2ccccc2OC[C@H](Cc2ccccc2)NC(=O)[C@H](CCCCNC(=O)C2CCCCC2)NC1=O. The molecular weight excluding hydrogens is 638 g/mol. The summed E-state index contributed by atoms with van der Waals surface area (Å²) in [5, 5.41) is 24.3. The van der Waals surface area contributed by atoms with E-state index < -0.39 is 54.4 Å². The first-order valence-electron chi connectivity index (χ1n) is 18.0. The zero-order chi connectivity index (χ0) is 35.9. The molecule has 0 unspecified atom stereocenters. The number of carbonyl (C=O) groups is 5. The van der Waals surface area contributed by atoms with Crippen LogP contribution < -0.4 is 31.3 Å². The third-order valence-electron chi connectivity index (χ3n) is 9.22. The number of nitrogens with one attached hydrogen (secondary N) is 5. The molecule has 0 bridgehead atoms. The average Bonchev–Trinajstić information content (AvgIpc) is 3.11. The first-order chi connectivity index (χ1) is 24.1. The average molecular weight is 692 g/mol. The monoisotopic (exact) mass is 691 g/mol. The molecule has 0 aromatic heterocycles. The molecule has 1 saturated carbocycles. The summed E-state index contributed by atoms with van der Waals surface area (Å²) < 4.78 is 6.12. The van der Waals surface area contributed by atoms with E-state index in [1.54, 1.807) is 24.3 Å². The Morgan fingerprint density at radius 3 is 2.20 bits per heavy atom. The van der Waals surface area contributed by atoms with E-state index in [9.17, 15) is 29.1 Å². The summed E-state index contributed by atoms with van der Waals surface area (Å²) in [6, 6.07) is 12.3. The van der Waals surface area contributed by atoms with Crippen LogP contribution in [0.25, 0.3) is 0 Å². The van der Waals surface area contributed by atoms with Gasteiger partial charge in [0.2, 0.25) is 23.6 Å². The normalized spacial score (nSPS) is 22.7. The van der Waals surface area contributed by atoms with Crippen LogP contribution in [-0.4, -0.2) is 78.6 Å². The maximum absolute atomic E-state index is 14.0. The second-order valence-electron chi connectivity index (χ2n) is 13.8. The smallest absolute Gasteiger partial charge is 0.255 e. The van der Waals surface area contributed by atoms with E-state index in [-0.39, 0.29) is 42.1 Å². The summed E-state index contributed by atoms with van der Waals surface area (Å²) in [7, 11) is 0. The number of unbranched alkanes of at least 4 members (excludes halogenated alkanes) is 1. The Labute approximate surface area is 294 Å². The molecule has 5 amide bonds. The summed E-state index contributed by atoms with van der Waals surface area (Å²) in [6.07, 6.45) is 7.31. The molecule has 272 valence electrons. The molecule has 4 atom stereocenters. The topological polar surface area (TPSA) is 175 Å². The lowest BCUT2D eigenvalue weighted by Crippen LogP contribution is -2.58. The van der Waals surface area contributed by atoms with Crippen molar-refractivity contribution in [2.75, 3.05) is 19.8 Å². The Morgan fingerprint density at radius 1 is 0.820 bits per heavy atom. The van der Waals surface area contributed by atoms with Gasteiger partial charge in [-0.25, -0.2) is 0 Å². The number of hydrogen-bond donors (Lipinski definition) is 6. The molecule has 1 fully saturated rings. The number of ether oxygens (including phenoxy) is 1. The minimum Gasteiger partial charge on any atom is -0.491 e. The van der Waals surface area contributed by atoms with Crippen molar-refractivity contribution >= 4 is 29.5 Å². The molecule has 1 aliphatic carbocycles. The fourth-order valence-electron chi connectivity index (χ4n) is 6.46. The van der Waals surface area contributed by atoms with Gasteiger partial charge in [-0.2, -0.15) is 0 Å². The van der Waals surface area contributed by atoms with Crippen molar-refractivity contribution in [3.05, 3.63) is 65.7 Å². The van der Waals surface area contributed by atoms with Crippen molar-refractivity contribution < 1.29 is 33.8 Å². The van der Waals surface area contributed by atoms with Gasteiger partial charge in [0.25, 0.3) is 5.91 Å². The highest BCUT2D eigenvalue weighted by atomic mass is 16.5. The van der Waals surface area contributed by atoms with Crippen LogP contribution in [0.15, 0.2) is 54.6 Å². The highest BCUT2D eigenvalue weighted by molar-refractivity contribution is 6.00. The first-order valence-corrected chi connectivity index (χ1v) is 18.0. The zero-order valence-corrected chi connectivity index (χ0v) is 29.2. The van der Waals surface area contributed by atoms with Gasteiger partial charge in [-0.3, -0.25) is 24.0 Å². The van der Waals surface area contributed by atoms with E-state index in [1.165, 1.54) is 6.42 Å². The van der Waals surface area contributed by atoms with Gasteiger partial charge in [-0.15, -0.1) is 0 Å². The second kappa shape index (κ2) is 19.7. The van der Waals surface area contributed by atoms with Gasteiger partial charge in [0.1, 0.15) is 30.5 Å². The van der Waals surface area contributed by atoms with Crippen molar-refractivity contribution in [1.82, 2.24) is 26.6 Å². The fraction of sp³-hybridized carbons (Fsp3) is 0.553. The van der Waals surface area contributed by atoms with Crippen molar-refractivity contribution in [2.45, 2.75) is 102 Å². The Balaban J connectivity index is 1.57. The molecule has 2 aromatic rings. The summed E-state index contributed by atoms with van der Waals surface area (Å²) >= 11 is 0. The van der Waals surface area contributed by atoms with Gasteiger partial charge in [0.15, 0.2) is 0 Å². The quantitative estimate of drug-likeness (QED) is 0.197. The molecule has 2 aliphatic rings. The molecule has 2 aromatic carbocycles. The lowest BCUT2D eigenvalue weighted by atomic mass is 9.88. The van der Waals surface area contributed by atoms with Crippen LogP contribution in [0.2, 0.25) is 0 Å². The summed E-state index contributed by atoms with van der Waals surface area (Å²) in [4.78, 5) is 67.0. The maximum atomic E-state index is 14.0. The van der Waals surface area contributed by atoms with Crippen LogP contribution >= 0.6 is 0 Å². The largest absolute Gasteiger partial charge is 0.491 e. The molecule has 12 heteroatoms. The lowest BCUT2D eigenvalue weighted by Gasteiger charge is -2.28. The first kappa shape index (κ1) is 38.4. The minimum absolute atomic E-state index is 0.00172. The standard InChI is InChI=1S/C38H53N5O7/c1-25(2)21-31-37(48)41-30(18-11-12-20-39-34(45)27-15-7-4-8-16-27)36(47)40-28(22-26-13-5-3-6-14-26)24-50-33-19-10-9-17-29(33)35(46)43-32(23-44)38(49)42-31/h3,5-6,9-10,13-14,17,19,25,27-28,30-32,44H,4,7-8,11-12,15-16,18,20-24H2,1-2H3,(H,39,45)(H,40,47)(H,41,48)(H,42,49)(H,43,46)/t28-,30-,31-,32-/m0/s1.